The van der Waals surface area contributed by atoms with Crippen molar-refractivity contribution in [1.29, 1.82) is 0 Å². The van der Waals surface area contributed by atoms with E-state index in [-0.39, 0.29) is 10.5 Å². The third-order valence-corrected chi connectivity index (χ3v) is 10.2. The van der Waals surface area contributed by atoms with Crippen molar-refractivity contribution in [3.8, 4) is 11.8 Å². The molecule has 2 aromatic carbocycles. The van der Waals surface area contributed by atoms with Crippen molar-refractivity contribution in [3.63, 3.8) is 0 Å². The van der Waals surface area contributed by atoms with E-state index in [2.05, 4.69) is 93.3 Å². The van der Waals surface area contributed by atoms with Gasteiger partial charge in [-0.3, -0.25) is 0 Å². The van der Waals surface area contributed by atoms with Gasteiger partial charge in [0.2, 0.25) is 0 Å². The first kappa shape index (κ1) is 18.0. The van der Waals surface area contributed by atoms with Crippen LogP contribution in [0.4, 0.5) is 0 Å². The summed E-state index contributed by atoms with van der Waals surface area (Å²) in [4.78, 5) is 0. The van der Waals surface area contributed by atoms with Gasteiger partial charge in [0.05, 0.1) is 12.0 Å². The highest BCUT2D eigenvalue weighted by Crippen LogP contribution is 2.47. The van der Waals surface area contributed by atoms with E-state index in [9.17, 15) is 0 Å². The van der Waals surface area contributed by atoms with Gasteiger partial charge < -0.3 is 4.43 Å². The molecule has 1 aliphatic carbocycles. The van der Waals surface area contributed by atoms with E-state index in [1.54, 1.807) is 0 Å². The largest absolute Gasteiger partial charge is 0.406 e. The molecule has 0 bridgehead atoms. The summed E-state index contributed by atoms with van der Waals surface area (Å²) in [6.45, 7) is 9.64. The first-order valence-electron chi connectivity index (χ1n) is 9.12. The Labute approximate surface area is 153 Å². The maximum absolute atomic E-state index is 6.98. The Hall–Kier alpha value is -1.82. The van der Waals surface area contributed by atoms with Gasteiger partial charge in [0.1, 0.15) is 0 Å². The van der Waals surface area contributed by atoms with Gasteiger partial charge in [-0.15, -0.1) is 5.92 Å². The second kappa shape index (κ2) is 6.82. The van der Waals surface area contributed by atoms with E-state index >= 15 is 0 Å². The Balaban J connectivity index is 2.10. The van der Waals surface area contributed by atoms with Crippen LogP contribution in [0.15, 0.2) is 60.7 Å². The van der Waals surface area contributed by atoms with Gasteiger partial charge >= 0.3 is 0 Å². The molecule has 1 aliphatic rings. The first-order chi connectivity index (χ1) is 11.9. The predicted octanol–water partition coefficient (Wildman–Crippen LogP) is 4.37. The third kappa shape index (κ3) is 3.45. The molecule has 3 rings (SSSR count). The summed E-state index contributed by atoms with van der Waals surface area (Å²) in [6.07, 6.45) is 2.32. The zero-order chi connectivity index (χ0) is 18.0. The minimum Gasteiger partial charge on any atom is -0.406 e. The van der Waals surface area contributed by atoms with Crippen LogP contribution >= 0.6 is 0 Å². The van der Waals surface area contributed by atoms with Crippen LogP contribution in [0.25, 0.3) is 0 Å². The van der Waals surface area contributed by atoms with Gasteiger partial charge in [0.25, 0.3) is 8.32 Å². The molecule has 1 saturated carbocycles. The normalized spacial score (nSPS) is 16.0. The highest BCUT2D eigenvalue weighted by molar-refractivity contribution is 6.99. The number of benzene rings is 2. The van der Waals surface area contributed by atoms with Crippen molar-refractivity contribution in [2.75, 3.05) is 6.61 Å². The van der Waals surface area contributed by atoms with Gasteiger partial charge in [-0.2, -0.15) is 0 Å². The van der Waals surface area contributed by atoms with E-state index in [4.69, 9.17) is 4.43 Å². The molecule has 0 unspecified atom stereocenters. The fourth-order valence-electron chi connectivity index (χ4n) is 3.73. The lowest BCUT2D eigenvalue weighted by molar-refractivity contribution is 0.254. The van der Waals surface area contributed by atoms with E-state index < -0.39 is 8.32 Å². The van der Waals surface area contributed by atoms with Crippen molar-refractivity contribution in [1.82, 2.24) is 0 Å². The minimum absolute atomic E-state index is 0.0332. The molecule has 0 N–H and O–H groups in total. The van der Waals surface area contributed by atoms with Crippen LogP contribution in [0.1, 0.15) is 40.5 Å². The maximum Gasteiger partial charge on any atom is 0.261 e. The zero-order valence-electron chi connectivity index (χ0n) is 15.8. The molecule has 0 amide bonds. The van der Waals surface area contributed by atoms with Crippen molar-refractivity contribution in [3.05, 3.63) is 60.7 Å². The Morgan fingerprint density at radius 1 is 0.920 bits per heavy atom. The molecule has 0 aliphatic heterocycles. The summed E-state index contributed by atoms with van der Waals surface area (Å²) in [5.41, 5.74) is 0.0851. The van der Waals surface area contributed by atoms with Gasteiger partial charge in [-0.1, -0.05) is 87.4 Å². The Kier molecular flexibility index (Phi) is 4.91. The molecule has 0 radical (unpaired) electrons. The molecule has 0 spiro atoms. The molecule has 2 aromatic rings. The highest BCUT2D eigenvalue weighted by Gasteiger charge is 2.52. The summed E-state index contributed by atoms with van der Waals surface area (Å²) in [5, 5.41) is 2.72. The lowest BCUT2D eigenvalue weighted by atomic mass is 10.1. The molecule has 1 fully saturated rings. The molecule has 130 valence electrons. The smallest absolute Gasteiger partial charge is 0.261 e. The molecule has 0 aromatic heterocycles. The molecule has 0 heterocycles. The maximum atomic E-state index is 6.98. The van der Waals surface area contributed by atoms with Gasteiger partial charge in [-0.25, -0.2) is 0 Å². The Bertz CT molecular complexity index is 719. The minimum atomic E-state index is -2.42. The van der Waals surface area contributed by atoms with Crippen molar-refractivity contribution in [2.45, 2.75) is 45.6 Å². The molecule has 1 nitrogen and oxygen atoms in total. The van der Waals surface area contributed by atoms with E-state index in [1.165, 1.54) is 10.4 Å². The molecule has 25 heavy (non-hydrogen) atoms. The number of hydrogen-bond donors (Lipinski definition) is 0. The van der Waals surface area contributed by atoms with Crippen LogP contribution < -0.4 is 10.4 Å². The van der Waals surface area contributed by atoms with Crippen LogP contribution in [-0.2, 0) is 4.43 Å². The fourth-order valence-corrected chi connectivity index (χ4v) is 8.38. The van der Waals surface area contributed by atoms with Gasteiger partial charge in [0, 0.05) is 0 Å². The van der Waals surface area contributed by atoms with Crippen LogP contribution in [-0.4, -0.2) is 14.9 Å². The molecule has 0 saturated heterocycles. The highest BCUT2D eigenvalue weighted by atomic mass is 28.4. The van der Waals surface area contributed by atoms with Crippen LogP contribution in [0.3, 0.4) is 0 Å². The van der Waals surface area contributed by atoms with Crippen molar-refractivity contribution in [2.24, 2.45) is 5.41 Å². The third-order valence-electron chi connectivity index (χ3n) is 5.23. The zero-order valence-corrected chi connectivity index (χ0v) is 16.8. The van der Waals surface area contributed by atoms with E-state index in [0.717, 1.165) is 19.4 Å². The summed E-state index contributed by atoms with van der Waals surface area (Å²) in [7, 11) is -2.42. The van der Waals surface area contributed by atoms with Crippen LogP contribution in [0.5, 0.6) is 0 Å². The summed E-state index contributed by atoms with van der Waals surface area (Å²) < 4.78 is 6.98. The lowest BCUT2D eigenvalue weighted by Crippen LogP contribution is -2.67. The first-order valence-corrected chi connectivity index (χ1v) is 11.0. The SMILES string of the molecule is CC#CC1(CO[Si](c2ccccc2)(c2ccccc2)C(C)(C)C)CC1. The number of rotatable bonds is 5. The number of hydrogen-bond acceptors (Lipinski definition) is 1. The van der Waals surface area contributed by atoms with Crippen LogP contribution in [0.2, 0.25) is 5.04 Å². The average Bonchev–Trinajstić information content (AvgIpc) is 3.36. The summed E-state index contributed by atoms with van der Waals surface area (Å²) >= 11 is 0. The Morgan fingerprint density at radius 3 is 1.76 bits per heavy atom. The lowest BCUT2D eigenvalue weighted by Gasteiger charge is -2.43. The van der Waals surface area contributed by atoms with Gasteiger partial charge in [0.15, 0.2) is 0 Å². The molecular weight excluding hydrogens is 320 g/mol. The van der Waals surface area contributed by atoms with Crippen molar-refractivity contribution >= 4 is 18.7 Å². The van der Waals surface area contributed by atoms with E-state index in [0.29, 0.717) is 0 Å². The quantitative estimate of drug-likeness (QED) is 0.576. The topological polar surface area (TPSA) is 9.23 Å². The van der Waals surface area contributed by atoms with Gasteiger partial charge in [-0.05, 0) is 35.2 Å². The second-order valence-corrected chi connectivity index (χ2v) is 12.4. The van der Waals surface area contributed by atoms with Crippen molar-refractivity contribution < 1.29 is 4.43 Å². The Morgan fingerprint density at radius 2 is 1.40 bits per heavy atom. The monoisotopic (exact) mass is 348 g/mol. The van der Waals surface area contributed by atoms with E-state index in [1.807, 2.05) is 6.92 Å². The fraction of sp³-hybridized carbons (Fsp3) is 0.391. The summed E-state index contributed by atoms with van der Waals surface area (Å²) in [6, 6.07) is 21.7. The second-order valence-electron chi connectivity index (χ2n) is 8.11. The molecular formula is C23H28OSi. The standard InChI is InChI=1S/C23H28OSi/c1-5-16-23(17-18-23)19-24-25(22(2,3)4,20-12-8-6-9-13-20)21-14-10-7-11-15-21/h6-15H,17-19H2,1-4H3. The summed E-state index contributed by atoms with van der Waals surface area (Å²) in [5.74, 6) is 6.52. The van der Waals surface area contributed by atoms with Crippen LogP contribution in [0, 0.1) is 17.3 Å². The average molecular weight is 349 g/mol. The molecule has 0 atom stereocenters. The predicted molar refractivity (Wildman–Crippen MR) is 109 cm³/mol. The molecule has 2 heteroatoms.